The third-order valence-electron chi connectivity index (χ3n) is 2.80. The van der Waals surface area contributed by atoms with Crippen molar-refractivity contribution in [2.24, 2.45) is 12.8 Å². The number of para-hydroxylation sites is 1. The van der Waals surface area contributed by atoms with Gasteiger partial charge in [-0.2, -0.15) is 0 Å². The Morgan fingerprint density at radius 2 is 2.18 bits per heavy atom. The van der Waals surface area contributed by atoms with Crippen LogP contribution in [0.2, 0.25) is 0 Å². The van der Waals surface area contributed by atoms with Crippen molar-refractivity contribution in [2.75, 3.05) is 13.1 Å². The lowest BCUT2D eigenvalue weighted by atomic mass is 10.1. The maximum absolute atomic E-state index is 11.6. The minimum absolute atomic E-state index is 0.0202. The molecule has 0 aliphatic carbocycles. The van der Waals surface area contributed by atoms with Crippen LogP contribution in [0.15, 0.2) is 30.5 Å². The van der Waals surface area contributed by atoms with Gasteiger partial charge in [-0.1, -0.05) is 18.2 Å². The molecular weight excluding hydrogens is 214 g/mol. The Hall–Kier alpha value is -1.81. The van der Waals surface area contributed by atoms with Crippen molar-refractivity contribution in [1.82, 2.24) is 9.88 Å². The second kappa shape index (κ2) is 5.01. The van der Waals surface area contributed by atoms with Gasteiger partial charge in [0.15, 0.2) is 0 Å². The molecule has 0 saturated heterocycles. The average Bonchev–Trinajstić information content (AvgIpc) is 2.65. The summed E-state index contributed by atoms with van der Waals surface area (Å²) >= 11 is 0. The van der Waals surface area contributed by atoms with E-state index in [2.05, 4.69) is 11.4 Å². The highest BCUT2D eigenvalue weighted by Gasteiger charge is 2.09. The Bertz CT molecular complexity index is 530. The number of rotatable bonds is 4. The first kappa shape index (κ1) is 11.7. The van der Waals surface area contributed by atoms with Crippen molar-refractivity contribution in [2.45, 2.75) is 6.42 Å². The highest BCUT2D eigenvalue weighted by Crippen LogP contribution is 2.20. The van der Waals surface area contributed by atoms with Gasteiger partial charge in [-0.25, -0.2) is 0 Å². The van der Waals surface area contributed by atoms with Gasteiger partial charge in [0.25, 0.3) is 0 Å². The van der Waals surface area contributed by atoms with Crippen LogP contribution in [0.4, 0.5) is 0 Å². The van der Waals surface area contributed by atoms with E-state index in [1.165, 1.54) is 0 Å². The Morgan fingerprint density at radius 3 is 2.94 bits per heavy atom. The van der Waals surface area contributed by atoms with Crippen LogP contribution in [0.5, 0.6) is 0 Å². The smallest absolute Gasteiger partial charge is 0.224 e. The molecule has 0 atom stereocenters. The van der Waals surface area contributed by atoms with Gasteiger partial charge in [0.1, 0.15) is 0 Å². The molecule has 0 aliphatic rings. The van der Waals surface area contributed by atoms with Crippen molar-refractivity contribution in [3.8, 4) is 0 Å². The van der Waals surface area contributed by atoms with Crippen LogP contribution in [0, 0.1) is 0 Å². The Morgan fingerprint density at radius 1 is 1.41 bits per heavy atom. The normalized spacial score (nSPS) is 10.7. The monoisotopic (exact) mass is 231 g/mol. The van der Waals surface area contributed by atoms with E-state index in [1.54, 1.807) is 0 Å². The summed E-state index contributed by atoms with van der Waals surface area (Å²) in [6.07, 6.45) is 2.41. The summed E-state index contributed by atoms with van der Waals surface area (Å²) < 4.78 is 2.04. The highest BCUT2D eigenvalue weighted by molar-refractivity contribution is 5.89. The molecule has 1 aromatic heterocycles. The van der Waals surface area contributed by atoms with E-state index in [9.17, 15) is 4.79 Å². The minimum Gasteiger partial charge on any atom is -0.355 e. The number of benzene rings is 1. The molecule has 17 heavy (non-hydrogen) atoms. The van der Waals surface area contributed by atoms with Crippen molar-refractivity contribution in [3.05, 3.63) is 36.0 Å². The first-order chi connectivity index (χ1) is 8.22. The molecular formula is C13H17N3O. The number of amides is 1. The van der Waals surface area contributed by atoms with Crippen molar-refractivity contribution in [1.29, 1.82) is 0 Å². The van der Waals surface area contributed by atoms with Crippen molar-refractivity contribution < 1.29 is 4.79 Å². The summed E-state index contributed by atoms with van der Waals surface area (Å²) in [6, 6.07) is 8.09. The maximum Gasteiger partial charge on any atom is 0.224 e. The van der Waals surface area contributed by atoms with E-state index in [1.807, 2.05) is 36.0 Å². The minimum atomic E-state index is 0.0202. The first-order valence-corrected chi connectivity index (χ1v) is 5.72. The zero-order chi connectivity index (χ0) is 12.3. The Kier molecular flexibility index (Phi) is 3.44. The maximum atomic E-state index is 11.6. The van der Waals surface area contributed by atoms with Crippen LogP contribution >= 0.6 is 0 Å². The van der Waals surface area contributed by atoms with Crippen LogP contribution in [-0.4, -0.2) is 23.6 Å². The summed E-state index contributed by atoms with van der Waals surface area (Å²) in [7, 11) is 1.99. The second-order valence-electron chi connectivity index (χ2n) is 4.10. The topological polar surface area (TPSA) is 60.0 Å². The van der Waals surface area contributed by atoms with Gasteiger partial charge in [-0.3, -0.25) is 4.79 Å². The molecule has 90 valence electrons. The van der Waals surface area contributed by atoms with Crippen LogP contribution < -0.4 is 11.1 Å². The Labute approximate surface area is 100 Å². The molecule has 0 bridgehead atoms. The molecule has 0 fully saturated rings. The molecule has 0 unspecified atom stereocenters. The number of aryl methyl sites for hydroxylation is 1. The first-order valence-electron chi connectivity index (χ1n) is 5.72. The van der Waals surface area contributed by atoms with E-state index in [4.69, 9.17) is 5.73 Å². The zero-order valence-corrected chi connectivity index (χ0v) is 9.94. The number of carbonyl (C=O) groups is 1. The molecule has 2 rings (SSSR count). The fourth-order valence-corrected chi connectivity index (χ4v) is 2.01. The van der Waals surface area contributed by atoms with Gasteiger partial charge < -0.3 is 15.6 Å². The summed E-state index contributed by atoms with van der Waals surface area (Å²) in [6.45, 7) is 1.00. The number of nitrogens with zero attached hydrogens (tertiary/aromatic N) is 1. The molecule has 4 heteroatoms. The molecule has 0 aliphatic heterocycles. The predicted octanol–water partition coefficient (Wildman–Crippen LogP) is 0.796. The number of carbonyl (C=O) groups excluding carboxylic acids is 1. The van der Waals surface area contributed by atoms with Crippen LogP contribution in [0.25, 0.3) is 10.9 Å². The molecule has 2 aromatic rings. The standard InChI is InChI=1S/C13H17N3O/c1-16-9-10(8-13(17)15-7-6-14)11-4-2-3-5-12(11)16/h2-5,9H,6-8,14H2,1H3,(H,15,17). The fourth-order valence-electron chi connectivity index (χ4n) is 2.01. The number of nitrogens with one attached hydrogen (secondary N) is 1. The lowest BCUT2D eigenvalue weighted by Gasteiger charge is -2.02. The summed E-state index contributed by atoms with van der Waals surface area (Å²) in [4.78, 5) is 11.6. The molecule has 0 spiro atoms. The second-order valence-corrected chi connectivity index (χ2v) is 4.10. The van der Waals surface area contributed by atoms with Crippen molar-refractivity contribution in [3.63, 3.8) is 0 Å². The van der Waals surface area contributed by atoms with Gasteiger partial charge in [-0.15, -0.1) is 0 Å². The Balaban J connectivity index is 2.21. The summed E-state index contributed by atoms with van der Waals surface area (Å²) in [5.74, 6) is 0.0202. The highest BCUT2D eigenvalue weighted by atomic mass is 16.1. The third kappa shape index (κ3) is 2.47. The number of fused-ring (bicyclic) bond motifs is 1. The van der Waals surface area contributed by atoms with E-state index in [0.29, 0.717) is 19.5 Å². The molecule has 0 saturated carbocycles. The lowest BCUT2D eigenvalue weighted by molar-refractivity contribution is -0.120. The molecule has 1 heterocycles. The van der Waals surface area contributed by atoms with Gasteiger partial charge in [-0.05, 0) is 11.6 Å². The number of nitrogens with two attached hydrogens (primary N) is 1. The van der Waals surface area contributed by atoms with Gasteiger partial charge >= 0.3 is 0 Å². The SMILES string of the molecule is Cn1cc(CC(=O)NCCN)c2ccccc21. The van der Waals surface area contributed by atoms with E-state index in [-0.39, 0.29) is 5.91 Å². The van der Waals surface area contributed by atoms with Crippen LogP contribution in [-0.2, 0) is 18.3 Å². The number of aromatic nitrogens is 1. The molecule has 0 radical (unpaired) electrons. The molecule has 3 N–H and O–H groups in total. The lowest BCUT2D eigenvalue weighted by Crippen LogP contribution is -2.30. The number of hydrogen-bond donors (Lipinski definition) is 2. The zero-order valence-electron chi connectivity index (χ0n) is 9.94. The average molecular weight is 231 g/mol. The van der Waals surface area contributed by atoms with Gasteiger partial charge in [0.05, 0.1) is 6.42 Å². The molecule has 1 aromatic carbocycles. The molecule has 4 nitrogen and oxygen atoms in total. The number of hydrogen-bond acceptors (Lipinski definition) is 2. The summed E-state index contributed by atoms with van der Waals surface area (Å²) in [5, 5.41) is 3.92. The third-order valence-corrected chi connectivity index (χ3v) is 2.80. The van der Waals surface area contributed by atoms with E-state index < -0.39 is 0 Å². The molecule has 1 amide bonds. The quantitative estimate of drug-likeness (QED) is 0.817. The van der Waals surface area contributed by atoms with Crippen molar-refractivity contribution >= 4 is 16.8 Å². The van der Waals surface area contributed by atoms with E-state index in [0.717, 1.165) is 16.5 Å². The van der Waals surface area contributed by atoms with Gasteiger partial charge in [0, 0.05) is 37.2 Å². The summed E-state index contributed by atoms with van der Waals surface area (Å²) in [5.41, 5.74) is 7.55. The van der Waals surface area contributed by atoms with E-state index >= 15 is 0 Å². The van der Waals surface area contributed by atoms with Crippen LogP contribution in [0.1, 0.15) is 5.56 Å². The predicted molar refractivity (Wildman–Crippen MR) is 68.7 cm³/mol. The van der Waals surface area contributed by atoms with Gasteiger partial charge in [0.2, 0.25) is 5.91 Å². The fraction of sp³-hybridized carbons (Fsp3) is 0.308. The van der Waals surface area contributed by atoms with Crippen LogP contribution in [0.3, 0.4) is 0 Å². The largest absolute Gasteiger partial charge is 0.355 e.